The lowest BCUT2D eigenvalue weighted by Gasteiger charge is -2.31. The van der Waals surface area contributed by atoms with Gasteiger partial charge in [-0.15, -0.1) is 0 Å². The van der Waals surface area contributed by atoms with E-state index < -0.39 is 5.60 Å². The number of nitrogens with one attached hydrogen (secondary N) is 2. The van der Waals surface area contributed by atoms with Crippen LogP contribution in [0.5, 0.6) is 5.75 Å². The van der Waals surface area contributed by atoms with Crippen LogP contribution in [-0.4, -0.2) is 45.4 Å². The number of hydrogen-bond donors (Lipinski definition) is 2. The Morgan fingerprint density at radius 3 is 2.75 bits per heavy atom. The van der Waals surface area contributed by atoms with Crippen molar-refractivity contribution in [2.24, 2.45) is 0 Å². The molecule has 2 N–H and O–H groups in total. The zero-order chi connectivity index (χ0) is 23.0. The Morgan fingerprint density at radius 2 is 2.03 bits per heavy atom. The number of carbonyl (C=O) groups is 1. The van der Waals surface area contributed by atoms with E-state index in [2.05, 4.69) is 20.5 Å². The van der Waals surface area contributed by atoms with Crippen LogP contribution in [0.3, 0.4) is 0 Å². The molecule has 3 aromatic rings. The molecule has 4 rings (SSSR count). The van der Waals surface area contributed by atoms with Gasteiger partial charge < -0.3 is 19.7 Å². The first kappa shape index (κ1) is 21.9. The van der Waals surface area contributed by atoms with Crippen molar-refractivity contribution in [2.45, 2.75) is 39.3 Å². The normalized spacial score (nSPS) is 13.6. The summed E-state index contributed by atoms with van der Waals surface area (Å²) >= 11 is 6.16. The number of rotatable bonds is 3. The van der Waals surface area contributed by atoms with Crippen molar-refractivity contribution in [1.29, 1.82) is 0 Å². The standard InChI is InChI=1S/C22H24ClN5O4/c1-22(2,3)32-21(30)28-6-5-12-8-16(31-4)15(7-14(12)11-28)25-19-18-13(9-17(23)26-19)10-24-27-20(18)29/h7-10H,5-6,11H2,1-4H3,(H,25,26)(H,27,29). The number of carbonyl (C=O) groups excluding carboxylic acids is 1. The minimum atomic E-state index is -0.564. The number of aromatic amines is 1. The molecule has 0 spiro atoms. The van der Waals surface area contributed by atoms with E-state index in [1.807, 2.05) is 32.9 Å². The van der Waals surface area contributed by atoms with E-state index in [-0.39, 0.29) is 22.6 Å². The summed E-state index contributed by atoms with van der Waals surface area (Å²) in [6, 6.07) is 5.41. The van der Waals surface area contributed by atoms with Gasteiger partial charge in [0.2, 0.25) is 0 Å². The average Bonchev–Trinajstić information content (AvgIpc) is 2.71. The Bertz CT molecular complexity index is 1250. The van der Waals surface area contributed by atoms with Crippen LogP contribution in [0.2, 0.25) is 5.15 Å². The first-order chi connectivity index (χ1) is 15.1. The van der Waals surface area contributed by atoms with Gasteiger partial charge in [0, 0.05) is 18.5 Å². The van der Waals surface area contributed by atoms with Gasteiger partial charge in [-0.3, -0.25) is 4.79 Å². The predicted octanol–water partition coefficient (Wildman–Crippen LogP) is 4.02. The van der Waals surface area contributed by atoms with Gasteiger partial charge in [0.1, 0.15) is 22.3 Å². The summed E-state index contributed by atoms with van der Waals surface area (Å²) < 4.78 is 11.1. The molecule has 168 valence electrons. The van der Waals surface area contributed by atoms with Gasteiger partial charge in [0.15, 0.2) is 0 Å². The number of H-pyrrole nitrogens is 1. The second-order valence-corrected chi connectivity index (χ2v) is 8.94. The number of fused-ring (bicyclic) bond motifs is 2. The lowest BCUT2D eigenvalue weighted by Crippen LogP contribution is -2.39. The van der Waals surface area contributed by atoms with Crippen LogP contribution in [0.4, 0.5) is 16.3 Å². The van der Waals surface area contributed by atoms with Crippen LogP contribution in [-0.2, 0) is 17.7 Å². The molecule has 10 heteroatoms. The molecular weight excluding hydrogens is 434 g/mol. The van der Waals surface area contributed by atoms with E-state index in [0.29, 0.717) is 41.7 Å². The molecule has 0 saturated carbocycles. The van der Waals surface area contributed by atoms with Crippen LogP contribution in [0, 0.1) is 0 Å². The fourth-order valence-electron chi connectivity index (χ4n) is 3.64. The third kappa shape index (κ3) is 4.47. The van der Waals surface area contributed by atoms with Gasteiger partial charge in [-0.1, -0.05) is 11.6 Å². The first-order valence-electron chi connectivity index (χ1n) is 10.1. The van der Waals surface area contributed by atoms with Gasteiger partial charge in [-0.25, -0.2) is 14.9 Å². The Kier molecular flexibility index (Phi) is 5.68. The largest absolute Gasteiger partial charge is 0.495 e. The molecule has 0 bridgehead atoms. The number of ether oxygens (including phenoxy) is 2. The molecule has 0 aliphatic carbocycles. The maximum Gasteiger partial charge on any atom is 0.410 e. The van der Waals surface area contributed by atoms with Crippen molar-refractivity contribution < 1.29 is 14.3 Å². The smallest absolute Gasteiger partial charge is 0.410 e. The number of methoxy groups -OCH3 is 1. The number of amides is 1. The fourth-order valence-corrected chi connectivity index (χ4v) is 3.84. The molecule has 32 heavy (non-hydrogen) atoms. The highest BCUT2D eigenvalue weighted by Crippen LogP contribution is 2.35. The molecule has 9 nitrogen and oxygen atoms in total. The van der Waals surface area contributed by atoms with Crippen LogP contribution in [0.1, 0.15) is 31.9 Å². The predicted molar refractivity (Wildman–Crippen MR) is 122 cm³/mol. The summed E-state index contributed by atoms with van der Waals surface area (Å²) in [5.41, 5.74) is 1.68. The molecule has 1 aromatic carbocycles. The highest BCUT2D eigenvalue weighted by Gasteiger charge is 2.27. The second kappa shape index (κ2) is 8.31. The zero-order valence-corrected chi connectivity index (χ0v) is 19.0. The molecule has 0 radical (unpaired) electrons. The van der Waals surface area contributed by atoms with Gasteiger partial charge in [0.25, 0.3) is 5.56 Å². The van der Waals surface area contributed by atoms with Gasteiger partial charge in [-0.2, -0.15) is 5.10 Å². The van der Waals surface area contributed by atoms with Crippen molar-refractivity contribution >= 4 is 40.0 Å². The third-order valence-corrected chi connectivity index (χ3v) is 5.25. The minimum Gasteiger partial charge on any atom is -0.495 e. The summed E-state index contributed by atoms with van der Waals surface area (Å²) in [6.07, 6.45) is 1.84. The molecular formula is C22H24ClN5O4. The van der Waals surface area contributed by atoms with Crippen molar-refractivity contribution in [1.82, 2.24) is 20.1 Å². The van der Waals surface area contributed by atoms with Crippen LogP contribution >= 0.6 is 11.6 Å². The Hall–Kier alpha value is -3.33. The Morgan fingerprint density at radius 1 is 1.25 bits per heavy atom. The number of hydrogen-bond acceptors (Lipinski definition) is 7. The summed E-state index contributed by atoms with van der Waals surface area (Å²) in [4.78, 5) is 30.9. The number of halogens is 1. The van der Waals surface area contributed by atoms with Crippen LogP contribution in [0.15, 0.2) is 29.2 Å². The topological polar surface area (TPSA) is 109 Å². The summed E-state index contributed by atoms with van der Waals surface area (Å²) in [7, 11) is 1.57. The monoisotopic (exact) mass is 457 g/mol. The SMILES string of the molecule is COc1cc2c(cc1Nc1nc(Cl)cc3cn[nH]c(=O)c13)CN(C(=O)OC(C)(C)C)CC2. The summed E-state index contributed by atoms with van der Waals surface area (Å²) in [5, 5.41) is 10.5. The van der Waals surface area contributed by atoms with E-state index >= 15 is 0 Å². The number of nitrogens with zero attached hydrogens (tertiary/aromatic N) is 3. The van der Waals surface area contributed by atoms with Crippen LogP contribution in [0.25, 0.3) is 10.8 Å². The molecule has 0 saturated heterocycles. The van der Waals surface area contributed by atoms with Crippen molar-refractivity contribution in [2.75, 3.05) is 19.0 Å². The van der Waals surface area contributed by atoms with Crippen molar-refractivity contribution in [3.05, 3.63) is 51.0 Å². The molecule has 1 aliphatic heterocycles. The number of benzene rings is 1. The molecule has 0 fully saturated rings. The summed E-state index contributed by atoms with van der Waals surface area (Å²) in [5.74, 6) is 0.879. The van der Waals surface area contributed by atoms with Gasteiger partial charge in [0.05, 0.1) is 24.4 Å². The summed E-state index contributed by atoms with van der Waals surface area (Å²) in [6.45, 7) is 6.48. The second-order valence-electron chi connectivity index (χ2n) is 8.56. The lowest BCUT2D eigenvalue weighted by atomic mass is 9.98. The van der Waals surface area contributed by atoms with E-state index in [0.717, 1.165) is 11.1 Å². The fraction of sp³-hybridized carbons (Fsp3) is 0.364. The molecule has 0 unspecified atom stereocenters. The van der Waals surface area contributed by atoms with Gasteiger partial charge in [-0.05, 0) is 56.5 Å². The highest BCUT2D eigenvalue weighted by molar-refractivity contribution is 6.30. The maximum absolute atomic E-state index is 12.5. The quantitative estimate of drug-likeness (QED) is 0.571. The van der Waals surface area contributed by atoms with E-state index in [9.17, 15) is 9.59 Å². The molecule has 1 aliphatic rings. The van der Waals surface area contributed by atoms with E-state index in [4.69, 9.17) is 21.1 Å². The highest BCUT2D eigenvalue weighted by atomic mass is 35.5. The first-order valence-corrected chi connectivity index (χ1v) is 10.5. The number of aromatic nitrogens is 3. The molecule has 1 amide bonds. The molecule has 2 aromatic heterocycles. The lowest BCUT2D eigenvalue weighted by molar-refractivity contribution is 0.0224. The third-order valence-electron chi connectivity index (χ3n) is 5.05. The number of pyridine rings is 1. The Labute approximate surface area is 189 Å². The number of anilines is 2. The van der Waals surface area contributed by atoms with Crippen molar-refractivity contribution in [3.63, 3.8) is 0 Å². The average molecular weight is 458 g/mol. The van der Waals surface area contributed by atoms with E-state index in [1.165, 1.54) is 6.20 Å². The van der Waals surface area contributed by atoms with Crippen LogP contribution < -0.4 is 15.6 Å². The Balaban J connectivity index is 1.70. The minimum absolute atomic E-state index is 0.223. The maximum atomic E-state index is 12.5. The van der Waals surface area contributed by atoms with Crippen molar-refractivity contribution in [3.8, 4) is 5.75 Å². The molecule has 0 atom stereocenters. The van der Waals surface area contributed by atoms with Gasteiger partial charge >= 0.3 is 6.09 Å². The van der Waals surface area contributed by atoms with E-state index in [1.54, 1.807) is 18.1 Å². The zero-order valence-electron chi connectivity index (χ0n) is 18.3. The molecule has 3 heterocycles.